The normalized spacial score (nSPS) is 16.1. The van der Waals surface area contributed by atoms with Crippen molar-refractivity contribution in [1.29, 1.82) is 0 Å². The maximum Gasteiger partial charge on any atom is 0.127 e. The minimum atomic E-state index is -0.300. The molecule has 1 saturated heterocycles. The number of aryl methyl sites for hydroxylation is 1. The van der Waals surface area contributed by atoms with Crippen LogP contribution in [0.4, 0.5) is 10.2 Å². The largest absolute Gasteiger partial charge is 0.490 e. The molecule has 3 heterocycles. The van der Waals surface area contributed by atoms with Gasteiger partial charge < -0.3 is 19.4 Å². The van der Waals surface area contributed by atoms with Gasteiger partial charge in [-0.1, -0.05) is 0 Å². The zero-order valence-electron chi connectivity index (χ0n) is 16.3. The highest BCUT2D eigenvalue weighted by molar-refractivity contribution is 5.70. The van der Waals surface area contributed by atoms with Gasteiger partial charge in [0, 0.05) is 49.4 Å². The Kier molecular flexibility index (Phi) is 6.36. The molecule has 1 fully saturated rings. The molecule has 1 aromatic carbocycles. The summed E-state index contributed by atoms with van der Waals surface area (Å²) in [5.41, 5.74) is 1.51. The number of nitrogens with one attached hydrogen (secondary N) is 1. The van der Waals surface area contributed by atoms with Crippen LogP contribution in [0.15, 0.2) is 55.2 Å². The molecule has 4 rings (SSSR count). The minimum absolute atomic E-state index is 0.111. The van der Waals surface area contributed by atoms with Crippen LogP contribution >= 0.6 is 0 Å². The molecule has 0 bridgehead atoms. The number of nitrogens with zero attached hydrogens (tertiary/aromatic N) is 3. The van der Waals surface area contributed by atoms with Gasteiger partial charge in [0.1, 0.15) is 24.0 Å². The van der Waals surface area contributed by atoms with E-state index in [1.165, 1.54) is 12.1 Å². The standard InChI is InChI=1S/C22H25FN4O2/c23-18-5-6-21(29-15-19-3-1-12-28-19)20(13-18)17-4-7-22(26-14-17)25-8-2-10-27-11-9-24-16-27/h4-7,9,11,13-14,16,19H,1-3,8,10,12,15H2,(H,25,26). The smallest absolute Gasteiger partial charge is 0.127 e. The van der Waals surface area contributed by atoms with Crippen molar-refractivity contribution in [3.8, 4) is 16.9 Å². The number of ether oxygens (including phenoxy) is 2. The Hall–Kier alpha value is -2.93. The minimum Gasteiger partial charge on any atom is -0.490 e. The number of hydrogen-bond acceptors (Lipinski definition) is 5. The van der Waals surface area contributed by atoms with Gasteiger partial charge in [0.25, 0.3) is 0 Å². The van der Waals surface area contributed by atoms with Crippen molar-refractivity contribution in [1.82, 2.24) is 14.5 Å². The number of benzene rings is 1. The summed E-state index contributed by atoms with van der Waals surface area (Å²) in [5, 5.41) is 3.31. The lowest BCUT2D eigenvalue weighted by Crippen LogP contribution is -2.16. The summed E-state index contributed by atoms with van der Waals surface area (Å²) in [6.07, 6.45) is 10.4. The number of rotatable bonds is 9. The molecule has 1 N–H and O–H groups in total. The summed E-state index contributed by atoms with van der Waals surface area (Å²) in [5.74, 6) is 1.13. The lowest BCUT2D eigenvalue weighted by Gasteiger charge is -2.15. The predicted molar refractivity (Wildman–Crippen MR) is 109 cm³/mol. The average molecular weight is 396 g/mol. The van der Waals surface area contributed by atoms with Gasteiger partial charge in [-0.05, 0) is 49.6 Å². The van der Waals surface area contributed by atoms with Crippen LogP contribution in [0, 0.1) is 5.82 Å². The van der Waals surface area contributed by atoms with E-state index < -0.39 is 0 Å². The van der Waals surface area contributed by atoms with E-state index in [0.29, 0.717) is 17.9 Å². The molecule has 0 amide bonds. The van der Waals surface area contributed by atoms with Crippen LogP contribution in [-0.2, 0) is 11.3 Å². The zero-order chi connectivity index (χ0) is 19.9. The predicted octanol–water partition coefficient (Wildman–Crippen LogP) is 4.14. The van der Waals surface area contributed by atoms with Crippen LogP contribution < -0.4 is 10.1 Å². The molecule has 0 aliphatic carbocycles. The molecular formula is C22H25FN4O2. The number of aromatic nitrogens is 3. The van der Waals surface area contributed by atoms with Gasteiger partial charge in [0.2, 0.25) is 0 Å². The fourth-order valence-corrected chi connectivity index (χ4v) is 3.37. The number of anilines is 1. The second-order valence-corrected chi connectivity index (χ2v) is 7.10. The highest BCUT2D eigenvalue weighted by atomic mass is 19.1. The van der Waals surface area contributed by atoms with E-state index in [2.05, 4.69) is 15.3 Å². The first-order chi connectivity index (χ1) is 14.3. The molecule has 2 aromatic heterocycles. The Morgan fingerprint density at radius 1 is 1.28 bits per heavy atom. The van der Waals surface area contributed by atoms with E-state index in [1.807, 2.05) is 29.2 Å². The molecule has 1 aliphatic rings. The van der Waals surface area contributed by atoms with Crippen molar-refractivity contribution >= 4 is 5.82 Å². The van der Waals surface area contributed by atoms with Crippen molar-refractivity contribution < 1.29 is 13.9 Å². The first-order valence-corrected chi connectivity index (χ1v) is 9.98. The Bertz CT molecular complexity index is 894. The first kappa shape index (κ1) is 19.4. The second kappa shape index (κ2) is 9.52. The molecule has 0 saturated carbocycles. The topological polar surface area (TPSA) is 61.2 Å². The van der Waals surface area contributed by atoms with Crippen molar-refractivity contribution in [3.05, 3.63) is 61.1 Å². The lowest BCUT2D eigenvalue weighted by atomic mass is 10.1. The van der Waals surface area contributed by atoms with Crippen molar-refractivity contribution in [3.63, 3.8) is 0 Å². The van der Waals surface area contributed by atoms with E-state index in [9.17, 15) is 4.39 Å². The first-order valence-electron chi connectivity index (χ1n) is 9.98. The number of pyridine rings is 1. The SMILES string of the molecule is Fc1ccc(OCC2CCCO2)c(-c2ccc(NCCCn3ccnc3)nc2)c1. The van der Waals surface area contributed by atoms with Crippen molar-refractivity contribution in [2.24, 2.45) is 0 Å². The molecule has 0 spiro atoms. The summed E-state index contributed by atoms with van der Waals surface area (Å²) in [7, 11) is 0. The van der Waals surface area contributed by atoms with Gasteiger partial charge in [-0.3, -0.25) is 0 Å². The van der Waals surface area contributed by atoms with Gasteiger partial charge in [-0.2, -0.15) is 0 Å². The molecule has 1 atom stereocenters. The Morgan fingerprint density at radius 2 is 2.24 bits per heavy atom. The lowest BCUT2D eigenvalue weighted by molar-refractivity contribution is 0.0681. The third-order valence-corrected chi connectivity index (χ3v) is 4.92. The fourth-order valence-electron chi connectivity index (χ4n) is 3.37. The third kappa shape index (κ3) is 5.32. The Balaban J connectivity index is 1.36. The number of imidazole rings is 1. The van der Waals surface area contributed by atoms with Gasteiger partial charge in [0.15, 0.2) is 0 Å². The van der Waals surface area contributed by atoms with E-state index in [1.54, 1.807) is 18.5 Å². The van der Waals surface area contributed by atoms with E-state index >= 15 is 0 Å². The van der Waals surface area contributed by atoms with Crippen molar-refractivity contribution in [2.75, 3.05) is 25.1 Å². The summed E-state index contributed by atoms with van der Waals surface area (Å²) in [6.45, 7) is 2.97. The molecule has 29 heavy (non-hydrogen) atoms. The molecule has 1 unspecified atom stereocenters. The summed E-state index contributed by atoms with van der Waals surface area (Å²) >= 11 is 0. The van der Waals surface area contributed by atoms with Crippen LogP contribution in [-0.4, -0.2) is 40.4 Å². The molecular weight excluding hydrogens is 371 g/mol. The quantitative estimate of drug-likeness (QED) is 0.551. The molecule has 1 aliphatic heterocycles. The maximum atomic E-state index is 13.9. The summed E-state index contributed by atoms with van der Waals surface area (Å²) < 4.78 is 27.4. The zero-order valence-corrected chi connectivity index (χ0v) is 16.3. The van der Waals surface area contributed by atoms with Gasteiger partial charge in [-0.25, -0.2) is 14.4 Å². The monoisotopic (exact) mass is 396 g/mol. The van der Waals surface area contributed by atoms with Gasteiger partial charge in [-0.15, -0.1) is 0 Å². The van der Waals surface area contributed by atoms with Crippen molar-refractivity contribution in [2.45, 2.75) is 31.9 Å². The number of halogens is 1. The van der Waals surface area contributed by atoms with Crippen LogP contribution in [0.1, 0.15) is 19.3 Å². The van der Waals surface area contributed by atoms with E-state index in [0.717, 1.165) is 50.3 Å². The fraction of sp³-hybridized carbons (Fsp3) is 0.364. The highest BCUT2D eigenvalue weighted by Crippen LogP contribution is 2.31. The number of hydrogen-bond donors (Lipinski definition) is 1. The maximum absolute atomic E-state index is 13.9. The van der Waals surface area contributed by atoms with E-state index in [-0.39, 0.29) is 11.9 Å². The molecule has 3 aromatic rings. The van der Waals surface area contributed by atoms with Gasteiger partial charge >= 0.3 is 0 Å². The third-order valence-electron chi connectivity index (χ3n) is 4.92. The molecule has 0 radical (unpaired) electrons. The molecule has 7 heteroatoms. The van der Waals surface area contributed by atoms with Gasteiger partial charge in [0.05, 0.1) is 12.4 Å². The highest BCUT2D eigenvalue weighted by Gasteiger charge is 2.17. The molecule has 6 nitrogen and oxygen atoms in total. The van der Waals surface area contributed by atoms with E-state index in [4.69, 9.17) is 9.47 Å². The van der Waals surface area contributed by atoms with Crippen LogP contribution in [0.3, 0.4) is 0 Å². The summed E-state index contributed by atoms with van der Waals surface area (Å²) in [6, 6.07) is 8.40. The Morgan fingerprint density at radius 3 is 3.00 bits per heavy atom. The summed E-state index contributed by atoms with van der Waals surface area (Å²) in [4.78, 5) is 8.50. The Labute approximate surface area is 169 Å². The molecule has 152 valence electrons. The second-order valence-electron chi connectivity index (χ2n) is 7.10. The average Bonchev–Trinajstić information content (AvgIpc) is 3.45. The van der Waals surface area contributed by atoms with Crippen LogP contribution in [0.2, 0.25) is 0 Å². The van der Waals surface area contributed by atoms with Crippen LogP contribution in [0.25, 0.3) is 11.1 Å². The van der Waals surface area contributed by atoms with Crippen LogP contribution in [0.5, 0.6) is 5.75 Å².